The maximum Gasteiger partial charge on any atom is 0.126 e. The Bertz CT molecular complexity index is 323. The average molecular weight is 203 g/mol. The molecule has 3 nitrogen and oxygen atoms in total. The zero-order chi connectivity index (χ0) is 10.1. The van der Waals surface area contributed by atoms with Crippen molar-refractivity contribution in [3.63, 3.8) is 0 Å². The molecule has 0 bridgehead atoms. The first kappa shape index (κ1) is 9.16. The fourth-order valence-corrected chi connectivity index (χ4v) is 2.10. The lowest BCUT2D eigenvalue weighted by Crippen LogP contribution is -2.13. The first-order valence-electron chi connectivity index (χ1n) is 5.88. The van der Waals surface area contributed by atoms with Gasteiger partial charge < -0.3 is 10.6 Å². The van der Waals surface area contributed by atoms with Gasteiger partial charge in [0.05, 0.1) is 0 Å². The molecule has 2 heterocycles. The van der Waals surface area contributed by atoms with E-state index in [1.807, 2.05) is 6.20 Å². The third-order valence-electron chi connectivity index (χ3n) is 3.18. The van der Waals surface area contributed by atoms with Crippen LogP contribution in [0.5, 0.6) is 0 Å². The summed E-state index contributed by atoms with van der Waals surface area (Å²) in [5, 5.41) is 6.89. The number of rotatable bonds is 3. The van der Waals surface area contributed by atoms with Gasteiger partial charge in [-0.3, -0.25) is 0 Å². The molecular formula is C12H17N3. The van der Waals surface area contributed by atoms with Gasteiger partial charge in [0.1, 0.15) is 5.82 Å². The van der Waals surface area contributed by atoms with Crippen molar-refractivity contribution in [1.82, 2.24) is 10.3 Å². The molecule has 1 saturated heterocycles. The predicted octanol–water partition coefficient (Wildman–Crippen LogP) is 2.08. The quantitative estimate of drug-likeness (QED) is 0.789. The molecule has 3 heteroatoms. The lowest BCUT2D eigenvalue weighted by Gasteiger charge is -2.10. The maximum atomic E-state index is 4.45. The molecule has 0 aromatic carbocycles. The summed E-state index contributed by atoms with van der Waals surface area (Å²) in [5.41, 5.74) is 1.33. The third kappa shape index (κ3) is 2.12. The highest BCUT2D eigenvalue weighted by molar-refractivity contribution is 5.38. The maximum absolute atomic E-state index is 4.45. The minimum absolute atomic E-state index is 0.535. The minimum atomic E-state index is 0.535. The standard InChI is InChI=1S/C12H17N3/c1-2-11(13-7-1)9-3-6-12(14-8-9)15-10-4-5-10/h3,6,8,10-11,13H,1-2,4-5,7H2,(H,14,15). The van der Waals surface area contributed by atoms with Crippen molar-refractivity contribution in [2.45, 2.75) is 37.8 Å². The summed E-state index contributed by atoms with van der Waals surface area (Å²) in [6.45, 7) is 1.15. The first-order chi connectivity index (χ1) is 7.42. The summed E-state index contributed by atoms with van der Waals surface area (Å²) < 4.78 is 0. The number of hydrogen-bond acceptors (Lipinski definition) is 3. The number of anilines is 1. The zero-order valence-corrected chi connectivity index (χ0v) is 8.87. The monoisotopic (exact) mass is 203 g/mol. The molecule has 15 heavy (non-hydrogen) atoms. The van der Waals surface area contributed by atoms with Crippen molar-refractivity contribution in [2.75, 3.05) is 11.9 Å². The van der Waals surface area contributed by atoms with Crippen molar-refractivity contribution in [2.24, 2.45) is 0 Å². The van der Waals surface area contributed by atoms with Crippen molar-refractivity contribution in [3.8, 4) is 0 Å². The lowest BCUT2D eigenvalue weighted by molar-refractivity contribution is 0.645. The largest absolute Gasteiger partial charge is 0.367 e. The van der Waals surface area contributed by atoms with E-state index in [1.165, 1.54) is 31.2 Å². The SMILES string of the molecule is c1cc(NC2CC2)ncc1C1CCCN1. The molecule has 0 amide bonds. The van der Waals surface area contributed by atoms with Crippen LogP contribution in [0, 0.1) is 0 Å². The van der Waals surface area contributed by atoms with E-state index in [1.54, 1.807) is 0 Å². The van der Waals surface area contributed by atoms with Gasteiger partial charge in [-0.2, -0.15) is 0 Å². The van der Waals surface area contributed by atoms with E-state index in [-0.39, 0.29) is 0 Å². The van der Waals surface area contributed by atoms with Crippen LogP contribution in [0.3, 0.4) is 0 Å². The Morgan fingerprint density at radius 3 is 2.80 bits per heavy atom. The molecule has 3 rings (SSSR count). The summed E-state index contributed by atoms with van der Waals surface area (Å²) in [6, 6.07) is 5.52. The second kappa shape index (κ2) is 3.81. The molecule has 0 radical (unpaired) electrons. The molecule has 1 aliphatic heterocycles. The Labute approximate surface area is 90.3 Å². The number of hydrogen-bond donors (Lipinski definition) is 2. The summed E-state index contributed by atoms with van der Waals surface area (Å²) in [7, 11) is 0. The Hall–Kier alpha value is -1.09. The van der Waals surface area contributed by atoms with Crippen LogP contribution in [0.15, 0.2) is 18.3 Å². The Balaban J connectivity index is 1.68. The van der Waals surface area contributed by atoms with Gasteiger partial charge >= 0.3 is 0 Å². The van der Waals surface area contributed by atoms with Gasteiger partial charge in [0, 0.05) is 18.3 Å². The minimum Gasteiger partial charge on any atom is -0.367 e. The van der Waals surface area contributed by atoms with Crippen LogP contribution in [0.4, 0.5) is 5.82 Å². The molecule has 0 spiro atoms. The Kier molecular flexibility index (Phi) is 2.33. The second-order valence-corrected chi connectivity index (χ2v) is 4.54. The van der Waals surface area contributed by atoms with Crippen LogP contribution in [-0.4, -0.2) is 17.6 Å². The summed E-state index contributed by atoms with van der Waals surface area (Å²) in [6.07, 6.45) is 7.14. The molecule has 1 aromatic heterocycles. The van der Waals surface area contributed by atoms with Crippen LogP contribution in [0.2, 0.25) is 0 Å². The van der Waals surface area contributed by atoms with Crippen LogP contribution in [-0.2, 0) is 0 Å². The lowest BCUT2D eigenvalue weighted by atomic mass is 10.1. The highest BCUT2D eigenvalue weighted by atomic mass is 15.0. The van der Waals surface area contributed by atoms with Crippen molar-refractivity contribution in [3.05, 3.63) is 23.9 Å². The summed E-state index contributed by atoms with van der Waals surface area (Å²) >= 11 is 0. The topological polar surface area (TPSA) is 37.0 Å². The number of pyridine rings is 1. The highest BCUT2D eigenvalue weighted by Crippen LogP contribution is 2.26. The van der Waals surface area contributed by atoms with Crippen molar-refractivity contribution >= 4 is 5.82 Å². The summed E-state index contributed by atoms with van der Waals surface area (Å²) in [4.78, 5) is 4.45. The number of aromatic nitrogens is 1. The smallest absolute Gasteiger partial charge is 0.126 e. The normalized spacial score (nSPS) is 25.5. The van der Waals surface area contributed by atoms with Gasteiger partial charge in [-0.1, -0.05) is 6.07 Å². The molecule has 1 aliphatic carbocycles. The predicted molar refractivity (Wildman–Crippen MR) is 60.9 cm³/mol. The van der Waals surface area contributed by atoms with E-state index >= 15 is 0 Å². The molecule has 80 valence electrons. The summed E-state index contributed by atoms with van der Waals surface area (Å²) in [5.74, 6) is 1.03. The fourth-order valence-electron chi connectivity index (χ4n) is 2.10. The van der Waals surface area contributed by atoms with Gasteiger partial charge in [-0.05, 0) is 43.9 Å². The molecule has 1 aromatic rings. The van der Waals surface area contributed by atoms with E-state index in [4.69, 9.17) is 0 Å². The number of nitrogens with zero attached hydrogens (tertiary/aromatic N) is 1. The zero-order valence-electron chi connectivity index (χ0n) is 8.87. The highest BCUT2D eigenvalue weighted by Gasteiger charge is 2.21. The Morgan fingerprint density at radius 1 is 1.27 bits per heavy atom. The third-order valence-corrected chi connectivity index (χ3v) is 3.18. The van der Waals surface area contributed by atoms with E-state index in [0.717, 1.165) is 12.4 Å². The average Bonchev–Trinajstić information content (AvgIpc) is 2.92. The molecule has 2 N–H and O–H groups in total. The van der Waals surface area contributed by atoms with Gasteiger partial charge in [0.2, 0.25) is 0 Å². The van der Waals surface area contributed by atoms with E-state index < -0.39 is 0 Å². The molecule has 1 unspecified atom stereocenters. The second-order valence-electron chi connectivity index (χ2n) is 4.54. The van der Waals surface area contributed by atoms with Crippen molar-refractivity contribution in [1.29, 1.82) is 0 Å². The van der Waals surface area contributed by atoms with Crippen LogP contribution >= 0.6 is 0 Å². The van der Waals surface area contributed by atoms with Gasteiger partial charge in [0.15, 0.2) is 0 Å². The van der Waals surface area contributed by atoms with E-state index in [2.05, 4.69) is 27.8 Å². The van der Waals surface area contributed by atoms with Gasteiger partial charge in [0.25, 0.3) is 0 Å². The molecule has 2 fully saturated rings. The molecule has 1 atom stereocenters. The van der Waals surface area contributed by atoms with Gasteiger partial charge in [-0.25, -0.2) is 4.98 Å². The number of nitrogens with one attached hydrogen (secondary N) is 2. The first-order valence-corrected chi connectivity index (χ1v) is 5.88. The van der Waals surface area contributed by atoms with Gasteiger partial charge in [-0.15, -0.1) is 0 Å². The van der Waals surface area contributed by atoms with Crippen LogP contribution in [0.1, 0.15) is 37.3 Å². The van der Waals surface area contributed by atoms with Crippen LogP contribution in [0.25, 0.3) is 0 Å². The Morgan fingerprint density at radius 2 is 2.20 bits per heavy atom. The molecule has 2 aliphatic rings. The molecule has 1 saturated carbocycles. The van der Waals surface area contributed by atoms with E-state index in [0.29, 0.717) is 12.1 Å². The van der Waals surface area contributed by atoms with E-state index in [9.17, 15) is 0 Å². The molecular weight excluding hydrogens is 186 g/mol. The van der Waals surface area contributed by atoms with Crippen LogP contribution < -0.4 is 10.6 Å². The fraction of sp³-hybridized carbons (Fsp3) is 0.583. The van der Waals surface area contributed by atoms with Crippen molar-refractivity contribution < 1.29 is 0 Å².